The molecule has 3 aromatic rings. The molecular formula is C23H23N3O3S. The predicted molar refractivity (Wildman–Crippen MR) is 118 cm³/mol. The van der Waals surface area contributed by atoms with E-state index in [1.54, 1.807) is 60.7 Å². The maximum atomic E-state index is 13.2. The Hall–Kier alpha value is -3.50. The highest BCUT2D eigenvalue weighted by Gasteiger charge is 2.25. The quantitative estimate of drug-likeness (QED) is 0.454. The molecule has 0 heterocycles. The third kappa shape index (κ3) is 5.31. The van der Waals surface area contributed by atoms with Crippen LogP contribution in [-0.2, 0) is 10.0 Å². The Bertz CT molecular complexity index is 1130. The van der Waals surface area contributed by atoms with E-state index >= 15 is 0 Å². The van der Waals surface area contributed by atoms with Crippen molar-refractivity contribution in [2.75, 3.05) is 16.6 Å². The number of nitrogens with zero attached hydrogens (tertiary/aromatic N) is 1. The Labute approximate surface area is 177 Å². The Balaban J connectivity index is 2.10. The van der Waals surface area contributed by atoms with Gasteiger partial charge in [0.05, 0.1) is 17.3 Å². The SMILES string of the molecule is CCCCNc1cc(C#N)cc(S(=O)(=O)Nc2ccccc2)c1Oc1ccccc1. The number of anilines is 2. The van der Waals surface area contributed by atoms with E-state index < -0.39 is 10.0 Å². The Morgan fingerprint density at radius 2 is 1.67 bits per heavy atom. The number of rotatable bonds is 9. The van der Waals surface area contributed by atoms with E-state index in [4.69, 9.17) is 4.74 Å². The van der Waals surface area contributed by atoms with Gasteiger partial charge in [0.15, 0.2) is 5.75 Å². The summed E-state index contributed by atoms with van der Waals surface area (Å²) in [4.78, 5) is -0.103. The number of benzene rings is 3. The zero-order valence-electron chi connectivity index (χ0n) is 16.6. The number of sulfonamides is 1. The Morgan fingerprint density at radius 1 is 1.00 bits per heavy atom. The second kappa shape index (κ2) is 9.81. The normalized spacial score (nSPS) is 10.8. The van der Waals surface area contributed by atoms with Crippen molar-refractivity contribution in [2.24, 2.45) is 0 Å². The van der Waals surface area contributed by atoms with E-state index in [0.717, 1.165) is 12.8 Å². The van der Waals surface area contributed by atoms with Gasteiger partial charge >= 0.3 is 0 Å². The molecule has 0 spiro atoms. The molecule has 0 aromatic heterocycles. The van der Waals surface area contributed by atoms with Crippen LogP contribution in [0.3, 0.4) is 0 Å². The van der Waals surface area contributed by atoms with Gasteiger partial charge < -0.3 is 10.1 Å². The fourth-order valence-electron chi connectivity index (χ4n) is 2.83. The minimum atomic E-state index is -4.02. The molecule has 30 heavy (non-hydrogen) atoms. The molecule has 0 aliphatic rings. The van der Waals surface area contributed by atoms with E-state index in [1.165, 1.54) is 6.07 Å². The van der Waals surface area contributed by atoms with Crippen LogP contribution in [0.4, 0.5) is 11.4 Å². The topological polar surface area (TPSA) is 91.2 Å². The first-order chi connectivity index (χ1) is 14.5. The lowest BCUT2D eigenvalue weighted by Crippen LogP contribution is -2.15. The third-order valence-corrected chi connectivity index (χ3v) is 5.70. The minimum absolute atomic E-state index is 0.103. The van der Waals surface area contributed by atoms with Gasteiger partial charge in [0.2, 0.25) is 0 Å². The molecule has 7 heteroatoms. The maximum Gasteiger partial charge on any atom is 0.265 e. The fraction of sp³-hybridized carbons (Fsp3) is 0.174. The summed E-state index contributed by atoms with van der Waals surface area (Å²) in [6.07, 6.45) is 1.87. The van der Waals surface area contributed by atoms with Gasteiger partial charge in [-0.15, -0.1) is 0 Å². The van der Waals surface area contributed by atoms with E-state index in [9.17, 15) is 13.7 Å². The van der Waals surface area contributed by atoms with Gasteiger partial charge in [0.1, 0.15) is 10.6 Å². The van der Waals surface area contributed by atoms with Gasteiger partial charge in [-0.2, -0.15) is 5.26 Å². The van der Waals surface area contributed by atoms with Crippen molar-refractivity contribution in [3.05, 3.63) is 78.4 Å². The first kappa shape index (κ1) is 21.2. The highest BCUT2D eigenvalue weighted by atomic mass is 32.2. The summed E-state index contributed by atoms with van der Waals surface area (Å²) in [5.41, 5.74) is 1.11. The molecule has 0 radical (unpaired) electrons. The summed E-state index contributed by atoms with van der Waals surface area (Å²) in [6.45, 7) is 2.69. The number of unbranched alkanes of at least 4 members (excludes halogenated alkanes) is 1. The number of nitrogens with one attached hydrogen (secondary N) is 2. The standard InChI is InChI=1S/C23H23N3O3S/c1-2-3-14-25-21-15-18(17-24)16-22(23(21)29-20-12-8-5-9-13-20)30(27,28)26-19-10-6-4-7-11-19/h4-13,15-16,25-26H,2-3,14H2,1H3. The highest BCUT2D eigenvalue weighted by molar-refractivity contribution is 7.92. The molecule has 0 amide bonds. The number of para-hydroxylation sites is 2. The van der Waals surface area contributed by atoms with Gasteiger partial charge in [-0.1, -0.05) is 49.7 Å². The molecule has 0 saturated heterocycles. The largest absolute Gasteiger partial charge is 0.454 e. The lowest BCUT2D eigenvalue weighted by molar-refractivity contribution is 0.469. The minimum Gasteiger partial charge on any atom is -0.454 e. The van der Waals surface area contributed by atoms with Crippen LogP contribution in [0, 0.1) is 11.3 Å². The summed E-state index contributed by atoms with van der Waals surface area (Å²) in [6, 6.07) is 22.5. The Kier molecular flexibility index (Phi) is 6.94. The molecule has 0 fully saturated rings. The average Bonchev–Trinajstić information content (AvgIpc) is 2.75. The molecule has 0 aliphatic carbocycles. The van der Waals surface area contributed by atoms with Gasteiger partial charge in [0, 0.05) is 12.2 Å². The van der Waals surface area contributed by atoms with Gasteiger partial charge in [-0.25, -0.2) is 8.42 Å². The molecule has 0 unspecified atom stereocenters. The average molecular weight is 422 g/mol. The molecule has 0 bridgehead atoms. The van der Waals surface area contributed by atoms with Gasteiger partial charge in [-0.3, -0.25) is 4.72 Å². The first-order valence-corrected chi connectivity index (χ1v) is 11.1. The highest BCUT2D eigenvalue weighted by Crippen LogP contribution is 2.38. The van der Waals surface area contributed by atoms with E-state index in [-0.39, 0.29) is 16.2 Å². The van der Waals surface area contributed by atoms with Crippen molar-refractivity contribution in [2.45, 2.75) is 24.7 Å². The number of hydrogen-bond acceptors (Lipinski definition) is 5. The smallest absolute Gasteiger partial charge is 0.265 e. The van der Waals surface area contributed by atoms with E-state index in [0.29, 0.717) is 23.7 Å². The van der Waals surface area contributed by atoms with Crippen LogP contribution in [0.25, 0.3) is 0 Å². The first-order valence-electron chi connectivity index (χ1n) is 9.66. The number of hydrogen-bond donors (Lipinski definition) is 2. The molecule has 0 aliphatic heterocycles. The number of nitriles is 1. The monoisotopic (exact) mass is 421 g/mol. The summed E-state index contributed by atoms with van der Waals surface area (Å²) in [7, 11) is -4.02. The molecule has 2 N–H and O–H groups in total. The van der Waals surface area contributed by atoms with Crippen molar-refractivity contribution in [1.29, 1.82) is 5.26 Å². The van der Waals surface area contributed by atoms with Crippen LogP contribution >= 0.6 is 0 Å². The predicted octanol–water partition coefficient (Wildman–Crippen LogP) is 5.36. The van der Waals surface area contributed by atoms with Crippen LogP contribution in [0.5, 0.6) is 11.5 Å². The van der Waals surface area contributed by atoms with Gasteiger partial charge in [0.25, 0.3) is 10.0 Å². The van der Waals surface area contributed by atoms with Crippen LogP contribution < -0.4 is 14.8 Å². The molecule has 6 nitrogen and oxygen atoms in total. The van der Waals surface area contributed by atoms with Crippen LogP contribution in [0.15, 0.2) is 77.7 Å². The summed E-state index contributed by atoms with van der Waals surface area (Å²) in [5.74, 6) is 0.650. The summed E-state index contributed by atoms with van der Waals surface area (Å²) in [5, 5.41) is 12.7. The lowest BCUT2D eigenvalue weighted by atomic mass is 10.2. The third-order valence-electron chi connectivity index (χ3n) is 4.31. The summed E-state index contributed by atoms with van der Waals surface area (Å²) < 4.78 is 35.0. The van der Waals surface area contributed by atoms with Crippen molar-refractivity contribution in [3.63, 3.8) is 0 Å². The lowest BCUT2D eigenvalue weighted by Gasteiger charge is -2.18. The van der Waals surface area contributed by atoms with Gasteiger partial charge in [-0.05, 0) is 42.8 Å². The molecule has 154 valence electrons. The fourth-order valence-corrected chi connectivity index (χ4v) is 4.06. The molecule has 3 aromatic carbocycles. The summed E-state index contributed by atoms with van der Waals surface area (Å²) >= 11 is 0. The van der Waals surface area contributed by atoms with Crippen LogP contribution in [0.1, 0.15) is 25.3 Å². The van der Waals surface area contributed by atoms with Crippen LogP contribution in [-0.4, -0.2) is 15.0 Å². The second-order valence-corrected chi connectivity index (χ2v) is 8.28. The number of ether oxygens (including phenoxy) is 1. The zero-order valence-corrected chi connectivity index (χ0v) is 17.4. The van der Waals surface area contributed by atoms with Crippen LogP contribution in [0.2, 0.25) is 0 Å². The molecular weight excluding hydrogens is 398 g/mol. The Morgan fingerprint density at radius 3 is 2.30 bits per heavy atom. The molecule has 0 saturated carbocycles. The zero-order chi connectivity index (χ0) is 21.4. The van der Waals surface area contributed by atoms with E-state index in [2.05, 4.69) is 17.0 Å². The van der Waals surface area contributed by atoms with Crippen molar-refractivity contribution < 1.29 is 13.2 Å². The van der Waals surface area contributed by atoms with E-state index in [1.807, 2.05) is 12.1 Å². The molecule has 0 atom stereocenters. The van der Waals surface area contributed by atoms with Crippen molar-refractivity contribution >= 4 is 21.4 Å². The van der Waals surface area contributed by atoms with Crippen molar-refractivity contribution in [3.8, 4) is 17.6 Å². The maximum absolute atomic E-state index is 13.2. The molecule has 3 rings (SSSR count). The van der Waals surface area contributed by atoms with Crippen molar-refractivity contribution in [1.82, 2.24) is 0 Å². The second-order valence-electron chi connectivity index (χ2n) is 6.63.